The number of aliphatic hydroxyl groups is 2. The van der Waals surface area contributed by atoms with Crippen LogP contribution in [0.3, 0.4) is 0 Å². The van der Waals surface area contributed by atoms with Gasteiger partial charge in [-0.3, -0.25) is 0 Å². The molecule has 0 amide bonds. The molecule has 2 N–H and O–H groups in total. The molecule has 2 atom stereocenters. The molecule has 10 heavy (non-hydrogen) atoms. The summed E-state index contributed by atoms with van der Waals surface area (Å²) in [4.78, 5) is 0. The zero-order valence-electron chi connectivity index (χ0n) is 6.33. The van der Waals surface area contributed by atoms with Gasteiger partial charge < -0.3 is 10.2 Å². The van der Waals surface area contributed by atoms with E-state index >= 15 is 0 Å². The van der Waals surface area contributed by atoms with Crippen molar-refractivity contribution in [3.63, 3.8) is 0 Å². The molecule has 0 aromatic carbocycles. The normalized spacial score (nSPS) is 17.6. The van der Waals surface area contributed by atoms with E-state index in [1.165, 1.54) is 0 Å². The lowest BCUT2D eigenvalue weighted by Crippen LogP contribution is -2.19. The molecule has 2 heteroatoms. The fourth-order valence-electron chi connectivity index (χ4n) is 0.590. The van der Waals surface area contributed by atoms with E-state index in [1.54, 1.807) is 12.2 Å². The summed E-state index contributed by atoms with van der Waals surface area (Å²) in [5.74, 6) is -0.0452. The van der Waals surface area contributed by atoms with Crippen LogP contribution in [-0.2, 0) is 0 Å². The van der Waals surface area contributed by atoms with E-state index in [9.17, 15) is 5.11 Å². The third-order valence-corrected chi connectivity index (χ3v) is 1.49. The maximum absolute atomic E-state index is 9.21. The van der Waals surface area contributed by atoms with E-state index in [-0.39, 0.29) is 12.5 Å². The summed E-state index contributed by atoms with van der Waals surface area (Å²) in [6, 6.07) is 0. The van der Waals surface area contributed by atoms with Crippen LogP contribution in [0.15, 0.2) is 12.2 Å². The summed E-state index contributed by atoms with van der Waals surface area (Å²) >= 11 is 0. The van der Waals surface area contributed by atoms with Crippen LogP contribution in [0.25, 0.3) is 0 Å². The second kappa shape index (κ2) is 5.45. The van der Waals surface area contributed by atoms with Gasteiger partial charge in [-0.05, 0) is 13.3 Å². The van der Waals surface area contributed by atoms with E-state index in [2.05, 4.69) is 6.92 Å². The lowest BCUT2D eigenvalue weighted by atomic mass is 10.0. The van der Waals surface area contributed by atoms with Crippen molar-refractivity contribution >= 4 is 0 Å². The lowest BCUT2D eigenvalue weighted by molar-refractivity contribution is 0.0795. The monoisotopic (exact) mass is 143 g/mol. The SMILES string of the molecule is [CH2]/C=C/CC(O)C(C)CO. The second-order valence-corrected chi connectivity index (χ2v) is 2.43. The van der Waals surface area contributed by atoms with Crippen LogP contribution in [0.2, 0.25) is 0 Å². The molecule has 1 radical (unpaired) electrons. The van der Waals surface area contributed by atoms with Gasteiger partial charge in [-0.15, -0.1) is 0 Å². The number of aliphatic hydroxyl groups excluding tert-OH is 2. The molecule has 0 aromatic rings. The molecule has 2 nitrogen and oxygen atoms in total. The Bertz CT molecular complexity index is 99.4. The Morgan fingerprint density at radius 1 is 1.60 bits per heavy atom. The van der Waals surface area contributed by atoms with Gasteiger partial charge in [0.2, 0.25) is 0 Å². The van der Waals surface area contributed by atoms with Gasteiger partial charge in [0.05, 0.1) is 6.10 Å². The first-order valence-corrected chi connectivity index (χ1v) is 3.45. The Morgan fingerprint density at radius 3 is 2.60 bits per heavy atom. The molecule has 0 bridgehead atoms. The predicted molar refractivity (Wildman–Crippen MR) is 41.4 cm³/mol. The van der Waals surface area contributed by atoms with E-state index < -0.39 is 6.10 Å². The Kier molecular flexibility index (Phi) is 5.26. The fourth-order valence-corrected chi connectivity index (χ4v) is 0.590. The van der Waals surface area contributed by atoms with Gasteiger partial charge in [-0.1, -0.05) is 19.1 Å². The largest absolute Gasteiger partial charge is 0.396 e. The van der Waals surface area contributed by atoms with Crippen LogP contribution >= 0.6 is 0 Å². The highest BCUT2D eigenvalue weighted by Gasteiger charge is 2.10. The second-order valence-electron chi connectivity index (χ2n) is 2.43. The van der Waals surface area contributed by atoms with E-state index in [1.807, 2.05) is 6.92 Å². The molecule has 0 aliphatic carbocycles. The van der Waals surface area contributed by atoms with Crippen molar-refractivity contribution in [2.24, 2.45) is 5.92 Å². The highest BCUT2D eigenvalue weighted by atomic mass is 16.3. The summed E-state index contributed by atoms with van der Waals surface area (Å²) in [7, 11) is 0. The van der Waals surface area contributed by atoms with E-state index in [0.29, 0.717) is 6.42 Å². The summed E-state index contributed by atoms with van der Waals surface area (Å²) < 4.78 is 0. The van der Waals surface area contributed by atoms with Gasteiger partial charge in [-0.25, -0.2) is 0 Å². The standard InChI is InChI=1S/C8H15O2/c1-3-4-5-8(10)7(2)6-9/h3-4,7-10H,1,5-6H2,2H3/b4-3+. The molecular weight excluding hydrogens is 128 g/mol. The maximum Gasteiger partial charge on any atom is 0.0622 e. The highest BCUT2D eigenvalue weighted by molar-refractivity contribution is 4.86. The number of hydrogen-bond donors (Lipinski definition) is 2. The van der Waals surface area contributed by atoms with Gasteiger partial charge in [0.25, 0.3) is 0 Å². The zero-order valence-corrected chi connectivity index (χ0v) is 6.33. The van der Waals surface area contributed by atoms with Gasteiger partial charge in [0.15, 0.2) is 0 Å². The third kappa shape index (κ3) is 3.64. The van der Waals surface area contributed by atoms with Crippen molar-refractivity contribution in [1.82, 2.24) is 0 Å². The molecule has 59 valence electrons. The van der Waals surface area contributed by atoms with Crippen LogP contribution < -0.4 is 0 Å². The van der Waals surface area contributed by atoms with Crippen LogP contribution in [0.5, 0.6) is 0 Å². The summed E-state index contributed by atoms with van der Waals surface area (Å²) in [5.41, 5.74) is 0. The molecule has 0 rings (SSSR count). The first-order valence-electron chi connectivity index (χ1n) is 3.45. The molecular formula is C8H15O2. The summed E-state index contributed by atoms with van der Waals surface area (Å²) in [5, 5.41) is 17.8. The van der Waals surface area contributed by atoms with Crippen molar-refractivity contribution in [3.8, 4) is 0 Å². The van der Waals surface area contributed by atoms with E-state index in [0.717, 1.165) is 0 Å². The minimum atomic E-state index is -0.442. The summed E-state index contributed by atoms with van der Waals surface area (Å²) in [6.07, 6.45) is 3.57. The molecule has 0 fully saturated rings. The molecule has 0 aliphatic heterocycles. The first kappa shape index (κ1) is 9.66. The molecule has 0 heterocycles. The minimum Gasteiger partial charge on any atom is -0.396 e. The smallest absolute Gasteiger partial charge is 0.0622 e. The number of allylic oxidation sites excluding steroid dienone is 1. The number of rotatable bonds is 4. The Balaban J connectivity index is 3.50. The van der Waals surface area contributed by atoms with E-state index in [4.69, 9.17) is 5.11 Å². The van der Waals surface area contributed by atoms with Crippen molar-refractivity contribution in [3.05, 3.63) is 19.1 Å². The fraction of sp³-hybridized carbons (Fsp3) is 0.625. The molecule has 2 unspecified atom stereocenters. The van der Waals surface area contributed by atoms with Gasteiger partial charge in [0, 0.05) is 12.5 Å². The van der Waals surface area contributed by atoms with Crippen LogP contribution in [0, 0.1) is 12.8 Å². The average Bonchev–Trinajstić information content (AvgIpc) is 1.98. The summed E-state index contributed by atoms with van der Waals surface area (Å²) in [6.45, 7) is 5.33. The molecule has 0 aromatic heterocycles. The Hall–Kier alpha value is -0.340. The predicted octanol–water partition coefficient (Wildman–Crippen LogP) is 0.756. The molecule has 0 aliphatic rings. The van der Waals surface area contributed by atoms with Gasteiger partial charge in [0.1, 0.15) is 0 Å². The van der Waals surface area contributed by atoms with Crippen LogP contribution in [0.4, 0.5) is 0 Å². The van der Waals surface area contributed by atoms with Crippen molar-refractivity contribution in [2.75, 3.05) is 6.61 Å². The quantitative estimate of drug-likeness (QED) is 0.610. The topological polar surface area (TPSA) is 40.5 Å². The maximum atomic E-state index is 9.21. The molecule has 0 spiro atoms. The van der Waals surface area contributed by atoms with Crippen molar-refractivity contribution < 1.29 is 10.2 Å². The average molecular weight is 143 g/mol. The van der Waals surface area contributed by atoms with Crippen molar-refractivity contribution in [1.29, 1.82) is 0 Å². The Morgan fingerprint density at radius 2 is 2.20 bits per heavy atom. The van der Waals surface area contributed by atoms with Gasteiger partial charge in [-0.2, -0.15) is 0 Å². The zero-order chi connectivity index (χ0) is 7.98. The van der Waals surface area contributed by atoms with Crippen LogP contribution in [-0.4, -0.2) is 22.9 Å². The minimum absolute atomic E-state index is 0.0339. The first-order chi connectivity index (χ1) is 4.72. The van der Waals surface area contributed by atoms with Crippen LogP contribution in [0.1, 0.15) is 13.3 Å². The Labute approximate surface area is 62.2 Å². The third-order valence-electron chi connectivity index (χ3n) is 1.49. The molecule has 0 saturated carbocycles. The van der Waals surface area contributed by atoms with Gasteiger partial charge >= 0.3 is 0 Å². The molecule has 0 saturated heterocycles. The van der Waals surface area contributed by atoms with Crippen molar-refractivity contribution in [2.45, 2.75) is 19.4 Å². The number of hydrogen-bond acceptors (Lipinski definition) is 2. The highest BCUT2D eigenvalue weighted by Crippen LogP contribution is 2.05. The lowest BCUT2D eigenvalue weighted by Gasteiger charge is -2.13.